The Morgan fingerprint density at radius 3 is 2.73 bits per heavy atom. The van der Waals surface area contributed by atoms with Crippen LogP contribution in [0.2, 0.25) is 0 Å². The van der Waals surface area contributed by atoms with Gasteiger partial charge in [-0.05, 0) is 30.3 Å². The van der Waals surface area contributed by atoms with Gasteiger partial charge in [0.15, 0.2) is 0 Å². The molecule has 2 aromatic carbocycles. The first-order valence-corrected chi connectivity index (χ1v) is 8.93. The minimum atomic E-state index is -4.50. The topological polar surface area (TPSA) is 93.5 Å². The molecule has 0 saturated heterocycles. The molecule has 1 atom stereocenters. The van der Waals surface area contributed by atoms with Crippen molar-refractivity contribution in [2.45, 2.75) is 18.8 Å². The number of fused-ring (bicyclic) bond motifs is 1. The molecular weight excluding hydrogens is 403 g/mol. The maximum absolute atomic E-state index is 12.7. The summed E-state index contributed by atoms with van der Waals surface area (Å²) < 4.78 is 44.5. The molecule has 3 aromatic rings. The minimum absolute atomic E-state index is 0.0509. The number of carbonyl (C=O) groups excluding carboxylic acids is 1. The Morgan fingerprint density at radius 1 is 1.20 bits per heavy atom. The van der Waals surface area contributed by atoms with Crippen LogP contribution in [0.25, 0.3) is 11.0 Å². The molecule has 1 heterocycles. The number of halogens is 3. The van der Waals surface area contributed by atoms with Gasteiger partial charge in [0, 0.05) is 6.54 Å². The van der Waals surface area contributed by atoms with Crippen molar-refractivity contribution in [2.24, 2.45) is 0 Å². The van der Waals surface area contributed by atoms with Gasteiger partial charge >= 0.3 is 6.18 Å². The number of benzene rings is 2. The summed E-state index contributed by atoms with van der Waals surface area (Å²) in [6.07, 6.45) is -4.54. The van der Waals surface area contributed by atoms with E-state index in [1.54, 1.807) is 24.3 Å². The first-order valence-electron chi connectivity index (χ1n) is 8.93. The lowest BCUT2D eigenvalue weighted by Crippen LogP contribution is -2.38. The lowest BCUT2D eigenvalue weighted by atomic mass is 10.2. The van der Waals surface area contributed by atoms with Crippen molar-refractivity contribution in [1.82, 2.24) is 14.9 Å². The van der Waals surface area contributed by atoms with Gasteiger partial charge < -0.3 is 15.2 Å². The molecule has 0 fully saturated rings. The second kappa shape index (κ2) is 8.95. The predicted octanol–water partition coefficient (Wildman–Crippen LogP) is 1.97. The summed E-state index contributed by atoms with van der Waals surface area (Å²) in [4.78, 5) is 28.2. The number of carbonyl (C=O) groups is 1. The first-order chi connectivity index (χ1) is 14.2. The monoisotopic (exact) mass is 421 g/mol. The van der Waals surface area contributed by atoms with Crippen LogP contribution in [0.3, 0.4) is 0 Å². The van der Waals surface area contributed by atoms with Gasteiger partial charge in [0.2, 0.25) is 5.91 Å². The van der Waals surface area contributed by atoms with Crippen molar-refractivity contribution in [2.75, 3.05) is 13.2 Å². The third-order valence-corrected chi connectivity index (χ3v) is 4.19. The van der Waals surface area contributed by atoms with E-state index in [0.717, 1.165) is 18.3 Å². The quantitative estimate of drug-likeness (QED) is 0.609. The van der Waals surface area contributed by atoms with Gasteiger partial charge in [-0.1, -0.05) is 18.2 Å². The first kappa shape index (κ1) is 21.3. The molecular formula is C20H18F3N3O4. The highest BCUT2D eigenvalue weighted by molar-refractivity contribution is 5.79. The molecule has 0 saturated carbocycles. The number of nitrogens with zero attached hydrogens (tertiary/aromatic N) is 2. The number of nitrogens with one attached hydrogen (secondary N) is 1. The molecule has 0 spiro atoms. The van der Waals surface area contributed by atoms with Crippen LogP contribution in [-0.2, 0) is 17.5 Å². The number of para-hydroxylation sites is 2. The van der Waals surface area contributed by atoms with Gasteiger partial charge in [0.1, 0.15) is 25.0 Å². The van der Waals surface area contributed by atoms with Crippen LogP contribution in [0.5, 0.6) is 5.75 Å². The molecule has 7 nitrogen and oxygen atoms in total. The zero-order valence-corrected chi connectivity index (χ0v) is 15.6. The molecule has 0 bridgehead atoms. The van der Waals surface area contributed by atoms with Gasteiger partial charge in [-0.15, -0.1) is 0 Å². The predicted molar refractivity (Wildman–Crippen MR) is 102 cm³/mol. The lowest BCUT2D eigenvalue weighted by molar-refractivity contribution is -0.137. The number of aliphatic hydroxyl groups excluding tert-OH is 1. The van der Waals surface area contributed by atoms with Crippen LogP contribution >= 0.6 is 0 Å². The van der Waals surface area contributed by atoms with Crippen LogP contribution in [0.4, 0.5) is 13.2 Å². The Labute approximate surface area is 168 Å². The van der Waals surface area contributed by atoms with Crippen LogP contribution in [-0.4, -0.2) is 39.8 Å². The maximum Gasteiger partial charge on any atom is 0.416 e. The van der Waals surface area contributed by atoms with Gasteiger partial charge in [0.05, 0.1) is 22.8 Å². The minimum Gasteiger partial charge on any atom is -0.491 e. The number of alkyl halides is 3. The third-order valence-electron chi connectivity index (χ3n) is 4.19. The molecule has 1 aromatic heterocycles. The molecule has 0 aliphatic rings. The Kier molecular flexibility index (Phi) is 6.36. The zero-order chi connectivity index (χ0) is 21.7. The second-order valence-electron chi connectivity index (χ2n) is 6.47. The highest BCUT2D eigenvalue weighted by atomic mass is 19.4. The SMILES string of the molecule is O=C(Cn1c(=O)cnc2ccccc21)NCC(O)COc1cccc(C(F)(F)F)c1. The summed E-state index contributed by atoms with van der Waals surface area (Å²) in [5, 5.41) is 12.4. The van der Waals surface area contributed by atoms with Crippen LogP contribution < -0.4 is 15.6 Å². The molecule has 30 heavy (non-hydrogen) atoms. The Bertz CT molecular complexity index is 1100. The molecule has 0 aliphatic heterocycles. The smallest absolute Gasteiger partial charge is 0.416 e. The summed E-state index contributed by atoms with van der Waals surface area (Å²) in [5.74, 6) is -0.573. The summed E-state index contributed by atoms with van der Waals surface area (Å²) in [6, 6.07) is 11.1. The highest BCUT2D eigenvalue weighted by Gasteiger charge is 2.30. The fourth-order valence-electron chi connectivity index (χ4n) is 2.72. The number of hydrogen-bond donors (Lipinski definition) is 2. The van der Waals surface area contributed by atoms with E-state index in [1.165, 1.54) is 16.7 Å². The summed E-state index contributed by atoms with van der Waals surface area (Å²) in [6.45, 7) is -0.793. The average molecular weight is 421 g/mol. The number of aliphatic hydroxyl groups is 1. The third kappa shape index (κ3) is 5.35. The van der Waals surface area contributed by atoms with Crippen molar-refractivity contribution in [1.29, 1.82) is 0 Å². The van der Waals surface area contributed by atoms with Crippen molar-refractivity contribution in [3.63, 3.8) is 0 Å². The maximum atomic E-state index is 12.7. The molecule has 3 rings (SSSR count). The van der Waals surface area contributed by atoms with Crippen LogP contribution in [0.1, 0.15) is 5.56 Å². The Morgan fingerprint density at radius 2 is 1.97 bits per heavy atom. The van der Waals surface area contributed by atoms with E-state index in [1.807, 2.05) is 0 Å². The van der Waals surface area contributed by atoms with Gasteiger partial charge in [0.25, 0.3) is 5.56 Å². The zero-order valence-electron chi connectivity index (χ0n) is 15.6. The van der Waals surface area contributed by atoms with E-state index in [4.69, 9.17) is 4.74 Å². The molecule has 158 valence electrons. The Hall–Kier alpha value is -3.40. The van der Waals surface area contributed by atoms with E-state index >= 15 is 0 Å². The van der Waals surface area contributed by atoms with Crippen molar-refractivity contribution in [3.8, 4) is 5.75 Å². The van der Waals surface area contributed by atoms with Crippen molar-refractivity contribution in [3.05, 3.63) is 70.6 Å². The number of rotatable bonds is 7. The summed E-state index contributed by atoms with van der Waals surface area (Å²) in [7, 11) is 0. The number of hydrogen-bond acceptors (Lipinski definition) is 5. The number of amides is 1. The van der Waals surface area contributed by atoms with Crippen molar-refractivity contribution >= 4 is 16.9 Å². The van der Waals surface area contributed by atoms with Gasteiger partial charge in [-0.25, -0.2) is 4.98 Å². The summed E-state index contributed by atoms with van der Waals surface area (Å²) >= 11 is 0. The second-order valence-corrected chi connectivity index (χ2v) is 6.47. The molecule has 10 heteroatoms. The normalized spacial score (nSPS) is 12.5. The standard InChI is InChI=1S/C20H18F3N3O4/c21-20(22,23)13-4-3-5-15(8-13)30-12-14(27)9-25-18(28)11-26-17-7-2-1-6-16(17)24-10-19(26)29/h1-8,10,14,27H,9,11-12H2,(H,25,28). The largest absolute Gasteiger partial charge is 0.491 e. The van der Waals surface area contributed by atoms with Crippen LogP contribution in [0, 0.1) is 0 Å². The lowest BCUT2D eigenvalue weighted by Gasteiger charge is -2.15. The number of ether oxygens (including phenoxy) is 1. The van der Waals surface area contributed by atoms with E-state index < -0.39 is 29.3 Å². The molecule has 0 radical (unpaired) electrons. The van der Waals surface area contributed by atoms with Crippen LogP contribution in [0.15, 0.2) is 59.5 Å². The Balaban J connectivity index is 1.53. The molecule has 1 amide bonds. The van der Waals surface area contributed by atoms with E-state index in [0.29, 0.717) is 11.0 Å². The van der Waals surface area contributed by atoms with E-state index in [-0.39, 0.29) is 25.4 Å². The molecule has 1 unspecified atom stereocenters. The fraction of sp³-hybridized carbons (Fsp3) is 0.250. The van der Waals surface area contributed by atoms with E-state index in [9.17, 15) is 27.9 Å². The fourth-order valence-corrected chi connectivity index (χ4v) is 2.72. The van der Waals surface area contributed by atoms with Crippen molar-refractivity contribution < 1.29 is 27.8 Å². The summed E-state index contributed by atoms with van der Waals surface area (Å²) in [5.41, 5.74) is -0.261. The van der Waals surface area contributed by atoms with E-state index in [2.05, 4.69) is 10.3 Å². The number of aromatic nitrogens is 2. The highest BCUT2D eigenvalue weighted by Crippen LogP contribution is 2.31. The average Bonchev–Trinajstić information content (AvgIpc) is 2.72. The van der Waals surface area contributed by atoms with Gasteiger partial charge in [-0.2, -0.15) is 13.2 Å². The molecule has 2 N–H and O–H groups in total. The van der Waals surface area contributed by atoms with Gasteiger partial charge in [-0.3, -0.25) is 14.2 Å². The molecule has 0 aliphatic carbocycles.